The molecule has 98 valence electrons. The quantitative estimate of drug-likeness (QED) is 0.488. The molecule has 0 atom stereocenters. The van der Waals surface area contributed by atoms with E-state index < -0.39 is 0 Å². The van der Waals surface area contributed by atoms with Gasteiger partial charge in [0.15, 0.2) is 15.8 Å². The first kappa shape index (κ1) is 11.0. The van der Waals surface area contributed by atoms with Crippen molar-refractivity contribution in [2.24, 2.45) is 0 Å². The Bertz CT molecular complexity index is 911. The fourth-order valence-corrected chi connectivity index (χ4v) is 2.36. The molecule has 4 heterocycles. The molecule has 0 saturated carbocycles. The van der Waals surface area contributed by atoms with Crippen LogP contribution in [0.1, 0.15) is 5.82 Å². The molecule has 0 aliphatic carbocycles. The van der Waals surface area contributed by atoms with Crippen molar-refractivity contribution in [3.8, 4) is 0 Å². The zero-order valence-electron chi connectivity index (χ0n) is 9.74. The van der Waals surface area contributed by atoms with Crippen LogP contribution in [0.2, 0.25) is 0 Å². The van der Waals surface area contributed by atoms with Crippen molar-refractivity contribution < 1.29 is 0 Å². The molecular formula is C8H5N11S. The van der Waals surface area contributed by atoms with Crippen molar-refractivity contribution in [3.05, 3.63) is 12.2 Å². The first-order valence-electron chi connectivity index (χ1n) is 5.42. The summed E-state index contributed by atoms with van der Waals surface area (Å²) >= 11 is 1.26. The third-order valence-electron chi connectivity index (χ3n) is 2.52. The van der Waals surface area contributed by atoms with Crippen molar-refractivity contribution in [1.82, 2.24) is 50.3 Å². The summed E-state index contributed by atoms with van der Waals surface area (Å²) in [5.74, 6) is 0.499. The predicted octanol–water partition coefficient (Wildman–Crippen LogP) is -0.959. The maximum atomic E-state index is 5.60. The number of hydrogen-bond donors (Lipinski definition) is 1. The minimum atomic E-state index is 0.345. The van der Waals surface area contributed by atoms with E-state index in [1.807, 2.05) is 0 Å². The average molecular weight is 287 g/mol. The van der Waals surface area contributed by atoms with Crippen LogP contribution in [-0.2, 0) is 6.54 Å². The number of hydrogen-bond acceptors (Lipinski definition) is 11. The Labute approximate surface area is 113 Å². The van der Waals surface area contributed by atoms with E-state index in [9.17, 15) is 0 Å². The number of fused-ring (bicyclic) bond motifs is 2. The predicted molar refractivity (Wildman–Crippen MR) is 67.4 cm³/mol. The molecule has 0 fully saturated rings. The van der Waals surface area contributed by atoms with Crippen LogP contribution < -0.4 is 5.73 Å². The summed E-state index contributed by atoms with van der Waals surface area (Å²) in [7, 11) is 0. The lowest BCUT2D eigenvalue weighted by atomic mass is 10.5. The average Bonchev–Trinajstić information content (AvgIpc) is 3.02. The van der Waals surface area contributed by atoms with Crippen LogP contribution in [0.3, 0.4) is 0 Å². The molecule has 12 heteroatoms. The van der Waals surface area contributed by atoms with Crippen LogP contribution in [0, 0.1) is 0 Å². The van der Waals surface area contributed by atoms with Crippen LogP contribution in [-0.4, -0.2) is 50.3 Å². The van der Waals surface area contributed by atoms with Gasteiger partial charge in [0, 0.05) is 0 Å². The van der Waals surface area contributed by atoms with Gasteiger partial charge in [0.25, 0.3) is 0 Å². The molecule has 0 saturated heterocycles. The van der Waals surface area contributed by atoms with Gasteiger partial charge in [0.1, 0.15) is 0 Å². The van der Waals surface area contributed by atoms with Gasteiger partial charge in [0.05, 0.1) is 12.9 Å². The summed E-state index contributed by atoms with van der Waals surface area (Å²) in [4.78, 5) is 13.1. The monoisotopic (exact) mass is 287 g/mol. The summed E-state index contributed by atoms with van der Waals surface area (Å²) < 4.78 is 1.71. The Kier molecular flexibility index (Phi) is 2.23. The van der Waals surface area contributed by atoms with E-state index in [2.05, 4.69) is 45.8 Å². The van der Waals surface area contributed by atoms with E-state index >= 15 is 0 Å². The standard InChI is InChI=1S/C8H5N11S/c9-8-12-5-7(20-8)11-3(13-14-5)1-19-2-10-4-6(19)16-18-17-15-4/h2H,1H2,(H2,9,12,14). The van der Waals surface area contributed by atoms with E-state index in [1.54, 1.807) is 10.9 Å². The number of aromatic nitrogens is 10. The summed E-state index contributed by atoms with van der Waals surface area (Å²) in [6.07, 6.45) is 1.57. The van der Waals surface area contributed by atoms with Gasteiger partial charge < -0.3 is 10.3 Å². The number of nitrogens with zero attached hydrogens (tertiary/aromatic N) is 10. The van der Waals surface area contributed by atoms with Crippen molar-refractivity contribution in [1.29, 1.82) is 0 Å². The van der Waals surface area contributed by atoms with Crippen LogP contribution in [0.4, 0.5) is 5.13 Å². The van der Waals surface area contributed by atoms with Crippen LogP contribution in [0.25, 0.3) is 21.8 Å². The van der Waals surface area contributed by atoms with Crippen LogP contribution in [0.15, 0.2) is 6.33 Å². The molecule has 20 heavy (non-hydrogen) atoms. The molecule has 0 bridgehead atoms. The van der Waals surface area contributed by atoms with E-state index in [-0.39, 0.29) is 0 Å². The molecule has 4 rings (SSSR count). The topological polar surface area (TPSA) is 147 Å². The Hall–Kier alpha value is -2.89. The van der Waals surface area contributed by atoms with Gasteiger partial charge in [-0.3, -0.25) is 0 Å². The van der Waals surface area contributed by atoms with E-state index in [4.69, 9.17) is 5.73 Å². The molecule has 0 unspecified atom stereocenters. The van der Waals surface area contributed by atoms with E-state index in [0.717, 1.165) is 0 Å². The molecule has 0 spiro atoms. The number of rotatable bonds is 2. The summed E-state index contributed by atoms with van der Waals surface area (Å²) in [5.41, 5.74) is 6.96. The summed E-state index contributed by atoms with van der Waals surface area (Å²) in [5, 5.41) is 22.9. The van der Waals surface area contributed by atoms with Crippen molar-refractivity contribution in [3.63, 3.8) is 0 Å². The number of nitrogens with two attached hydrogens (primary N) is 1. The highest BCUT2D eigenvalue weighted by Crippen LogP contribution is 2.19. The lowest BCUT2D eigenvalue weighted by molar-refractivity contribution is 0.720. The highest BCUT2D eigenvalue weighted by molar-refractivity contribution is 7.21. The number of nitrogen functional groups attached to an aromatic ring is 1. The third-order valence-corrected chi connectivity index (χ3v) is 3.29. The molecule has 0 amide bonds. The Morgan fingerprint density at radius 2 is 1.95 bits per heavy atom. The van der Waals surface area contributed by atoms with Crippen molar-refractivity contribution >= 4 is 38.2 Å². The molecule has 11 nitrogen and oxygen atoms in total. The normalized spacial score (nSPS) is 11.4. The Morgan fingerprint density at radius 3 is 2.90 bits per heavy atom. The maximum Gasteiger partial charge on any atom is 0.223 e. The zero-order valence-corrected chi connectivity index (χ0v) is 10.6. The second-order valence-electron chi connectivity index (χ2n) is 3.81. The second-order valence-corrected chi connectivity index (χ2v) is 4.82. The summed E-state index contributed by atoms with van der Waals surface area (Å²) in [6, 6.07) is 0. The van der Waals surface area contributed by atoms with E-state index in [0.29, 0.717) is 39.3 Å². The van der Waals surface area contributed by atoms with Crippen LogP contribution in [0.5, 0.6) is 0 Å². The Morgan fingerprint density at radius 1 is 1.05 bits per heavy atom. The molecule has 2 N–H and O–H groups in total. The van der Waals surface area contributed by atoms with Gasteiger partial charge in [-0.15, -0.1) is 20.4 Å². The fourth-order valence-electron chi connectivity index (χ4n) is 1.70. The number of imidazole rings is 1. The van der Waals surface area contributed by atoms with Gasteiger partial charge in [0.2, 0.25) is 16.9 Å². The van der Waals surface area contributed by atoms with Gasteiger partial charge >= 0.3 is 0 Å². The zero-order chi connectivity index (χ0) is 13.5. The number of anilines is 1. The van der Waals surface area contributed by atoms with Crippen molar-refractivity contribution in [2.45, 2.75) is 6.54 Å². The summed E-state index contributed by atoms with van der Waals surface area (Å²) in [6.45, 7) is 0.345. The van der Waals surface area contributed by atoms with Gasteiger partial charge in [-0.05, 0) is 10.4 Å². The molecule has 0 aliphatic heterocycles. The lowest BCUT2D eigenvalue weighted by Crippen LogP contribution is -2.06. The van der Waals surface area contributed by atoms with Gasteiger partial charge in [-0.2, -0.15) is 4.98 Å². The minimum Gasteiger partial charge on any atom is -0.375 e. The van der Waals surface area contributed by atoms with Gasteiger partial charge in [-0.25, -0.2) is 9.97 Å². The van der Waals surface area contributed by atoms with E-state index in [1.165, 1.54) is 11.3 Å². The number of thiazole rings is 1. The molecule has 4 aromatic heterocycles. The Balaban J connectivity index is 1.76. The molecular weight excluding hydrogens is 282 g/mol. The molecule has 0 aliphatic rings. The SMILES string of the molecule is Nc1nc2nnc(Cn3cnc4nnnnc43)nc2s1. The highest BCUT2D eigenvalue weighted by Gasteiger charge is 2.10. The van der Waals surface area contributed by atoms with Crippen molar-refractivity contribution in [2.75, 3.05) is 5.73 Å². The van der Waals surface area contributed by atoms with Gasteiger partial charge in [-0.1, -0.05) is 11.3 Å². The lowest BCUT2D eigenvalue weighted by Gasteiger charge is -2.00. The first-order valence-corrected chi connectivity index (χ1v) is 6.24. The highest BCUT2D eigenvalue weighted by atomic mass is 32.1. The maximum absolute atomic E-state index is 5.60. The fraction of sp³-hybridized carbons (Fsp3) is 0.125. The minimum absolute atomic E-state index is 0.345. The largest absolute Gasteiger partial charge is 0.375 e. The van der Waals surface area contributed by atoms with Crippen LogP contribution >= 0.6 is 11.3 Å². The third kappa shape index (κ3) is 1.70. The molecule has 0 aromatic carbocycles. The second kappa shape index (κ2) is 4.06. The molecule has 4 aromatic rings. The first-order chi connectivity index (χ1) is 9.79. The smallest absolute Gasteiger partial charge is 0.223 e. The molecule has 0 radical (unpaired) electrons.